The monoisotopic (exact) mass is 386 g/mol. The Kier molecular flexibility index (Phi) is 5.56. The summed E-state index contributed by atoms with van der Waals surface area (Å²) in [7, 11) is 0. The maximum atomic E-state index is 12.8. The number of carbonyl (C=O) groups excluding carboxylic acids is 1. The topological polar surface area (TPSA) is 58.1 Å². The molecular weight excluding hydrogens is 360 g/mol. The first-order valence-corrected chi connectivity index (χ1v) is 10.1. The van der Waals surface area contributed by atoms with Crippen LogP contribution in [-0.4, -0.2) is 29.0 Å². The standard InChI is InChI=1S/C24H26N4O/c1-17-10-11-22(13-18(17)2)27-23(29)20-9-6-12-28(16-20)24-25-14-21(15-26-24)19-7-4-3-5-8-19/h3-5,7-8,10-11,13-15,20H,6,9,12,16H2,1-2H3,(H,27,29)/t20-/m0/s1. The molecule has 0 spiro atoms. The Morgan fingerprint density at radius 1 is 1.00 bits per heavy atom. The van der Waals surface area contributed by atoms with Crippen molar-refractivity contribution in [3.8, 4) is 11.1 Å². The van der Waals surface area contributed by atoms with Gasteiger partial charge in [0, 0.05) is 36.7 Å². The second kappa shape index (κ2) is 8.43. The van der Waals surface area contributed by atoms with E-state index in [-0.39, 0.29) is 11.8 Å². The van der Waals surface area contributed by atoms with Crippen LogP contribution in [0.5, 0.6) is 0 Å². The Morgan fingerprint density at radius 3 is 2.48 bits per heavy atom. The molecule has 29 heavy (non-hydrogen) atoms. The van der Waals surface area contributed by atoms with Gasteiger partial charge in [0.05, 0.1) is 5.92 Å². The number of amides is 1. The van der Waals surface area contributed by atoms with Gasteiger partial charge in [0.15, 0.2) is 0 Å². The minimum atomic E-state index is -0.0669. The molecule has 1 N–H and O–H groups in total. The van der Waals surface area contributed by atoms with Crippen molar-refractivity contribution in [1.29, 1.82) is 0 Å². The molecule has 0 unspecified atom stereocenters. The average molecular weight is 386 g/mol. The van der Waals surface area contributed by atoms with E-state index in [1.165, 1.54) is 11.1 Å². The molecule has 4 rings (SSSR count). The number of hydrogen-bond acceptors (Lipinski definition) is 4. The van der Waals surface area contributed by atoms with E-state index in [9.17, 15) is 4.79 Å². The lowest BCUT2D eigenvalue weighted by molar-refractivity contribution is -0.120. The van der Waals surface area contributed by atoms with Gasteiger partial charge in [-0.1, -0.05) is 36.4 Å². The van der Waals surface area contributed by atoms with Gasteiger partial charge in [0.25, 0.3) is 0 Å². The largest absolute Gasteiger partial charge is 0.340 e. The first-order valence-electron chi connectivity index (χ1n) is 10.1. The Labute approximate surface area is 171 Å². The fraction of sp³-hybridized carbons (Fsp3) is 0.292. The maximum absolute atomic E-state index is 12.8. The summed E-state index contributed by atoms with van der Waals surface area (Å²) in [6.07, 6.45) is 5.55. The maximum Gasteiger partial charge on any atom is 0.229 e. The van der Waals surface area contributed by atoms with Gasteiger partial charge in [-0.2, -0.15) is 0 Å². The van der Waals surface area contributed by atoms with Crippen molar-refractivity contribution in [2.24, 2.45) is 5.92 Å². The first kappa shape index (κ1) is 19.1. The summed E-state index contributed by atoms with van der Waals surface area (Å²) in [5.41, 5.74) is 5.36. The molecule has 1 atom stereocenters. The summed E-state index contributed by atoms with van der Waals surface area (Å²) in [5, 5.41) is 3.08. The Morgan fingerprint density at radius 2 is 1.76 bits per heavy atom. The zero-order chi connectivity index (χ0) is 20.2. The normalized spacial score (nSPS) is 16.5. The summed E-state index contributed by atoms with van der Waals surface area (Å²) in [6.45, 7) is 5.65. The molecule has 3 aromatic rings. The van der Waals surface area contributed by atoms with Gasteiger partial charge in [0.2, 0.25) is 11.9 Å². The number of nitrogens with one attached hydrogen (secondary N) is 1. The molecule has 1 fully saturated rings. The molecule has 148 valence electrons. The minimum absolute atomic E-state index is 0.0669. The van der Waals surface area contributed by atoms with Crippen LogP contribution in [0.25, 0.3) is 11.1 Å². The molecule has 0 saturated carbocycles. The highest BCUT2D eigenvalue weighted by Gasteiger charge is 2.27. The third-order valence-electron chi connectivity index (χ3n) is 5.59. The molecule has 0 radical (unpaired) electrons. The van der Waals surface area contributed by atoms with E-state index < -0.39 is 0 Å². The molecule has 2 heterocycles. The van der Waals surface area contributed by atoms with Crippen LogP contribution in [0.1, 0.15) is 24.0 Å². The van der Waals surface area contributed by atoms with E-state index in [1.807, 2.05) is 60.9 Å². The summed E-state index contributed by atoms with van der Waals surface area (Å²) in [6, 6.07) is 16.1. The number of anilines is 2. The van der Waals surface area contributed by atoms with Crippen LogP contribution in [0.15, 0.2) is 60.9 Å². The van der Waals surface area contributed by atoms with Gasteiger partial charge >= 0.3 is 0 Å². The predicted molar refractivity (Wildman–Crippen MR) is 117 cm³/mol. The fourth-order valence-corrected chi connectivity index (χ4v) is 3.70. The van der Waals surface area contributed by atoms with Crippen molar-refractivity contribution in [2.45, 2.75) is 26.7 Å². The third kappa shape index (κ3) is 4.45. The second-order valence-corrected chi connectivity index (χ2v) is 7.71. The summed E-state index contributed by atoms with van der Waals surface area (Å²) in [4.78, 5) is 24.0. The summed E-state index contributed by atoms with van der Waals surface area (Å²) >= 11 is 0. The van der Waals surface area contributed by atoms with Gasteiger partial charge in [0.1, 0.15) is 0 Å². The lowest BCUT2D eigenvalue weighted by Crippen LogP contribution is -2.41. The number of carbonyl (C=O) groups is 1. The van der Waals surface area contributed by atoms with Crippen molar-refractivity contribution in [1.82, 2.24) is 9.97 Å². The summed E-state index contributed by atoms with van der Waals surface area (Å²) < 4.78 is 0. The zero-order valence-electron chi connectivity index (χ0n) is 16.9. The summed E-state index contributed by atoms with van der Waals surface area (Å²) in [5.74, 6) is 0.690. The van der Waals surface area contributed by atoms with E-state index in [4.69, 9.17) is 0 Å². The number of aromatic nitrogens is 2. The van der Waals surface area contributed by atoms with E-state index in [0.29, 0.717) is 12.5 Å². The molecular formula is C24H26N4O. The number of benzene rings is 2. The van der Waals surface area contributed by atoms with Crippen LogP contribution in [0.2, 0.25) is 0 Å². The van der Waals surface area contributed by atoms with Crippen LogP contribution >= 0.6 is 0 Å². The van der Waals surface area contributed by atoms with Crippen LogP contribution < -0.4 is 10.2 Å². The van der Waals surface area contributed by atoms with Crippen molar-refractivity contribution in [2.75, 3.05) is 23.3 Å². The smallest absolute Gasteiger partial charge is 0.229 e. The Balaban J connectivity index is 1.42. The van der Waals surface area contributed by atoms with Crippen molar-refractivity contribution in [3.63, 3.8) is 0 Å². The molecule has 5 nitrogen and oxygen atoms in total. The predicted octanol–water partition coefficient (Wildman–Crippen LogP) is 4.62. The average Bonchev–Trinajstić information content (AvgIpc) is 2.77. The number of aryl methyl sites for hydroxylation is 2. The molecule has 0 aliphatic carbocycles. The SMILES string of the molecule is Cc1ccc(NC(=O)[C@H]2CCCN(c3ncc(-c4ccccc4)cn3)C2)cc1C. The van der Waals surface area contributed by atoms with Crippen molar-refractivity contribution >= 4 is 17.5 Å². The highest BCUT2D eigenvalue weighted by molar-refractivity contribution is 5.93. The number of rotatable bonds is 4. The molecule has 0 bridgehead atoms. The van der Waals surface area contributed by atoms with E-state index in [0.717, 1.165) is 36.2 Å². The van der Waals surface area contributed by atoms with Gasteiger partial charge < -0.3 is 10.2 Å². The van der Waals surface area contributed by atoms with E-state index in [2.05, 4.69) is 34.0 Å². The molecule has 1 aliphatic heterocycles. The molecule has 2 aromatic carbocycles. The minimum Gasteiger partial charge on any atom is -0.340 e. The number of hydrogen-bond donors (Lipinski definition) is 1. The highest BCUT2D eigenvalue weighted by Crippen LogP contribution is 2.24. The number of piperidine rings is 1. The molecule has 5 heteroatoms. The van der Waals surface area contributed by atoms with Crippen LogP contribution in [0.4, 0.5) is 11.6 Å². The number of nitrogens with zero attached hydrogens (tertiary/aromatic N) is 3. The van der Waals surface area contributed by atoms with Crippen LogP contribution in [-0.2, 0) is 4.79 Å². The van der Waals surface area contributed by atoms with Gasteiger partial charge in [-0.25, -0.2) is 9.97 Å². The Hall–Kier alpha value is -3.21. The van der Waals surface area contributed by atoms with Gasteiger partial charge in [-0.3, -0.25) is 4.79 Å². The molecule has 1 aliphatic rings. The zero-order valence-corrected chi connectivity index (χ0v) is 16.9. The quantitative estimate of drug-likeness (QED) is 0.711. The van der Waals surface area contributed by atoms with Crippen molar-refractivity contribution < 1.29 is 4.79 Å². The second-order valence-electron chi connectivity index (χ2n) is 7.71. The Bertz CT molecular complexity index is 986. The van der Waals surface area contributed by atoms with E-state index >= 15 is 0 Å². The first-order chi connectivity index (χ1) is 14.1. The van der Waals surface area contributed by atoms with Gasteiger partial charge in [-0.05, 0) is 55.5 Å². The lowest BCUT2D eigenvalue weighted by atomic mass is 9.97. The van der Waals surface area contributed by atoms with E-state index in [1.54, 1.807) is 0 Å². The van der Waals surface area contributed by atoms with Crippen LogP contribution in [0.3, 0.4) is 0 Å². The molecule has 1 aromatic heterocycles. The fourth-order valence-electron chi connectivity index (χ4n) is 3.70. The highest BCUT2D eigenvalue weighted by atomic mass is 16.1. The molecule has 1 amide bonds. The van der Waals surface area contributed by atoms with Crippen molar-refractivity contribution in [3.05, 3.63) is 72.1 Å². The lowest BCUT2D eigenvalue weighted by Gasteiger charge is -2.32. The molecule has 1 saturated heterocycles. The third-order valence-corrected chi connectivity index (χ3v) is 5.59. The van der Waals surface area contributed by atoms with Gasteiger partial charge in [-0.15, -0.1) is 0 Å². The van der Waals surface area contributed by atoms with Crippen LogP contribution in [0, 0.1) is 19.8 Å².